The van der Waals surface area contributed by atoms with E-state index in [9.17, 15) is 0 Å². The third-order valence-corrected chi connectivity index (χ3v) is 1.40. The molecule has 0 aliphatic heterocycles. The third kappa shape index (κ3) is 1.85. The summed E-state index contributed by atoms with van der Waals surface area (Å²) in [5, 5.41) is 21.3. The molecule has 1 rings (SSSR count). The minimum atomic E-state index is -0.0138. The predicted octanol–water partition coefficient (Wildman–Crippen LogP) is 0.701. The van der Waals surface area contributed by atoms with Gasteiger partial charge in [-0.15, -0.1) is 4.99 Å². The zero-order chi connectivity index (χ0) is 9.68. The van der Waals surface area contributed by atoms with Crippen LogP contribution in [0.5, 0.6) is 5.75 Å². The van der Waals surface area contributed by atoms with E-state index >= 15 is 0 Å². The van der Waals surface area contributed by atoms with Crippen LogP contribution in [0.1, 0.15) is 5.56 Å². The number of nitrogens with one attached hydrogen (secondary N) is 1. The van der Waals surface area contributed by atoms with Crippen molar-refractivity contribution < 1.29 is 20.5 Å². The summed E-state index contributed by atoms with van der Waals surface area (Å²) in [4.78, 5) is 3.71. The molecule has 0 aliphatic rings. The smallest absolute Gasteiger partial charge is 0.211 e. The lowest BCUT2D eigenvalue weighted by Gasteiger charge is -2.06. The summed E-state index contributed by atoms with van der Waals surface area (Å²) < 4.78 is 6.53. The minimum Gasteiger partial charge on any atom is -0.508 e. The van der Waals surface area contributed by atoms with Gasteiger partial charge in [-0.3, -0.25) is 0 Å². The number of phenols is 1. The normalized spacial score (nSPS) is 10.9. The first kappa shape index (κ1) is 7.35. The van der Waals surface area contributed by atoms with Gasteiger partial charge in [0.2, 0.25) is 1.43 Å². The van der Waals surface area contributed by atoms with Crippen LogP contribution in [0.15, 0.2) is 18.2 Å². The summed E-state index contributed by atoms with van der Waals surface area (Å²) in [6.07, 6.45) is 0. The molecule has 0 aromatic heterocycles. The second kappa shape index (κ2) is 3.91. The zero-order valence-electron chi connectivity index (χ0n) is 7.15. The number of anilines is 1. The van der Waals surface area contributed by atoms with Crippen LogP contribution in [0.4, 0.5) is 5.69 Å². The molecular weight excluding hydrogens is 162 g/mol. The molecule has 4 N–H and O–H groups in total. The minimum absolute atomic E-state index is 0.0138. The molecule has 1 aromatic rings. The molecule has 0 bridgehead atoms. The number of rotatable bonds is 4. The fourth-order valence-electron chi connectivity index (χ4n) is 0.848. The molecule has 5 nitrogen and oxygen atoms in total. The molecule has 0 amide bonds. The SMILES string of the molecule is [2H]OCc1cc(O)ccc1NOO. The van der Waals surface area contributed by atoms with Crippen LogP contribution in [0.25, 0.3) is 0 Å². The standard InChI is InChI=1S/C7H9NO4/c9-4-5-3-6(10)1-2-7(5)8-12-11/h1-3,8-11H,4H2/i9D. The van der Waals surface area contributed by atoms with E-state index in [0.29, 0.717) is 11.3 Å². The molecule has 0 fully saturated rings. The van der Waals surface area contributed by atoms with Crippen LogP contribution in [-0.2, 0) is 11.6 Å². The molecule has 0 atom stereocenters. The van der Waals surface area contributed by atoms with Gasteiger partial charge in [-0.25, -0.2) is 10.7 Å². The van der Waals surface area contributed by atoms with Gasteiger partial charge in [0.05, 0.1) is 12.3 Å². The van der Waals surface area contributed by atoms with Crippen molar-refractivity contribution in [3.63, 3.8) is 0 Å². The second-order valence-electron chi connectivity index (χ2n) is 2.18. The monoisotopic (exact) mass is 172 g/mol. The Balaban J connectivity index is 2.89. The highest BCUT2D eigenvalue weighted by atomic mass is 17.2. The Labute approximate surface area is 70.2 Å². The fraction of sp³-hybridized carbons (Fsp3) is 0.143. The number of benzene rings is 1. The molecule has 1 aromatic carbocycles. The predicted molar refractivity (Wildman–Crippen MR) is 41.4 cm³/mol. The van der Waals surface area contributed by atoms with Gasteiger partial charge in [-0.2, -0.15) is 0 Å². The van der Waals surface area contributed by atoms with E-state index in [1.54, 1.807) is 0 Å². The summed E-state index contributed by atoms with van der Waals surface area (Å²) in [5.41, 5.74) is 3.10. The maximum atomic E-state index is 9.08. The van der Waals surface area contributed by atoms with Crippen LogP contribution >= 0.6 is 0 Å². The average Bonchev–Trinajstić information content (AvgIpc) is 2.10. The molecule has 5 heteroatoms. The Morgan fingerprint density at radius 3 is 3.08 bits per heavy atom. The third-order valence-electron chi connectivity index (χ3n) is 1.40. The van der Waals surface area contributed by atoms with E-state index in [1.807, 2.05) is 0 Å². The number of aliphatic hydroxyl groups excluding tert-OH is 1. The van der Waals surface area contributed by atoms with Gasteiger partial charge in [0, 0.05) is 5.56 Å². The van der Waals surface area contributed by atoms with Crippen LogP contribution < -0.4 is 5.48 Å². The number of phenolic OH excluding ortho intramolecular Hbond substituents is 1. The maximum absolute atomic E-state index is 9.08. The maximum Gasteiger partial charge on any atom is 0.211 e. The second-order valence-corrected chi connectivity index (χ2v) is 2.18. The van der Waals surface area contributed by atoms with Crippen LogP contribution in [0, 0.1) is 0 Å². The van der Waals surface area contributed by atoms with Gasteiger partial charge >= 0.3 is 0 Å². The van der Waals surface area contributed by atoms with Crippen molar-refractivity contribution in [3.8, 4) is 5.75 Å². The van der Waals surface area contributed by atoms with Gasteiger partial charge in [-0.05, 0) is 18.2 Å². The Morgan fingerprint density at radius 1 is 1.58 bits per heavy atom. The Morgan fingerprint density at radius 2 is 2.42 bits per heavy atom. The Bertz CT molecular complexity index is 281. The van der Waals surface area contributed by atoms with Crippen molar-refractivity contribution in [1.29, 1.82) is 1.43 Å². The van der Waals surface area contributed by atoms with Gasteiger partial charge < -0.3 is 10.2 Å². The van der Waals surface area contributed by atoms with Crippen molar-refractivity contribution >= 4 is 5.69 Å². The Hall–Kier alpha value is -1.30. The van der Waals surface area contributed by atoms with Crippen molar-refractivity contribution in [2.45, 2.75) is 6.61 Å². The highest BCUT2D eigenvalue weighted by Crippen LogP contribution is 2.20. The first-order valence-electron chi connectivity index (χ1n) is 3.65. The quantitative estimate of drug-likeness (QED) is 0.305. The van der Waals surface area contributed by atoms with E-state index in [4.69, 9.17) is 11.8 Å². The fourth-order valence-corrected chi connectivity index (χ4v) is 0.848. The van der Waals surface area contributed by atoms with Gasteiger partial charge in [0.25, 0.3) is 0 Å². The molecule has 0 saturated heterocycles. The van der Waals surface area contributed by atoms with Crippen LogP contribution in [0.3, 0.4) is 0 Å². The topological polar surface area (TPSA) is 82.0 Å². The molecular formula is C7H9NO4. The molecule has 0 heterocycles. The van der Waals surface area contributed by atoms with Crippen molar-refractivity contribution in [3.05, 3.63) is 23.8 Å². The number of aromatic hydroxyl groups is 1. The highest BCUT2D eigenvalue weighted by molar-refractivity contribution is 5.52. The van der Waals surface area contributed by atoms with E-state index < -0.39 is 0 Å². The van der Waals surface area contributed by atoms with Crippen molar-refractivity contribution in [2.75, 3.05) is 5.48 Å². The lowest BCUT2D eigenvalue weighted by atomic mass is 10.2. The van der Waals surface area contributed by atoms with Crippen LogP contribution in [0.2, 0.25) is 0 Å². The van der Waals surface area contributed by atoms with Crippen molar-refractivity contribution in [2.24, 2.45) is 0 Å². The Kier molecular flexibility index (Phi) is 2.40. The summed E-state index contributed by atoms with van der Waals surface area (Å²) in [7, 11) is 0. The van der Waals surface area contributed by atoms with E-state index in [2.05, 4.69) is 15.6 Å². The number of aliphatic hydroxyl groups is 1. The van der Waals surface area contributed by atoms with Gasteiger partial charge in [-0.1, -0.05) is 0 Å². The first-order valence-corrected chi connectivity index (χ1v) is 3.24. The van der Waals surface area contributed by atoms with Crippen LogP contribution in [-0.4, -0.2) is 16.9 Å². The van der Waals surface area contributed by atoms with E-state index in [0.717, 1.165) is 0 Å². The highest BCUT2D eigenvalue weighted by Gasteiger charge is 2.01. The molecule has 0 saturated carbocycles. The van der Waals surface area contributed by atoms with Gasteiger partial charge in [0.15, 0.2) is 0 Å². The lowest BCUT2D eigenvalue weighted by molar-refractivity contribution is -0.215. The molecule has 0 spiro atoms. The number of hydrogen-bond donors (Lipinski definition) is 4. The summed E-state index contributed by atoms with van der Waals surface area (Å²) >= 11 is 0. The first-order chi connectivity index (χ1) is 6.27. The number of hydrogen-bond acceptors (Lipinski definition) is 5. The summed E-state index contributed by atoms with van der Waals surface area (Å²) in [6, 6.07) is 4.30. The van der Waals surface area contributed by atoms with Gasteiger partial charge in [0.1, 0.15) is 5.75 Å². The largest absolute Gasteiger partial charge is 0.508 e. The molecule has 0 radical (unpaired) electrons. The molecule has 66 valence electrons. The van der Waals surface area contributed by atoms with Crippen molar-refractivity contribution in [1.82, 2.24) is 0 Å². The average molecular weight is 172 g/mol. The summed E-state index contributed by atoms with van der Waals surface area (Å²) in [5.74, 6) is 0.0514. The molecule has 12 heavy (non-hydrogen) atoms. The summed E-state index contributed by atoms with van der Waals surface area (Å²) in [6.45, 7) is -0.0138. The molecule has 0 unspecified atom stereocenters. The van der Waals surface area contributed by atoms with E-state index in [1.165, 1.54) is 18.2 Å². The van der Waals surface area contributed by atoms with E-state index in [-0.39, 0.29) is 12.4 Å². The lowest BCUT2D eigenvalue weighted by Crippen LogP contribution is -1.99. The zero-order valence-corrected chi connectivity index (χ0v) is 6.15. The molecule has 0 aliphatic carbocycles.